The number of nitrogens with zero attached hydrogens (tertiary/aromatic N) is 3. The van der Waals surface area contributed by atoms with E-state index in [4.69, 9.17) is 4.74 Å². The van der Waals surface area contributed by atoms with Gasteiger partial charge in [0.2, 0.25) is 0 Å². The van der Waals surface area contributed by atoms with Crippen molar-refractivity contribution >= 4 is 17.3 Å². The number of methoxy groups -OCH3 is 1. The molecule has 104 valence electrons. The Kier molecular flexibility index (Phi) is 3.70. The first kappa shape index (κ1) is 13.4. The van der Waals surface area contributed by atoms with E-state index < -0.39 is 5.97 Å². The van der Waals surface area contributed by atoms with Crippen LogP contribution in [0.15, 0.2) is 49.1 Å². The van der Waals surface area contributed by atoms with Gasteiger partial charge in [0.25, 0.3) is 0 Å². The van der Waals surface area contributed by atoms with Crippen LogP contribution in [0.4, 0.5) is 0 Å². The Morgan fingerprint density at radius 3 is 2.14 bits per heavy atom. The van der Waals surface area contributed by atoms with Crippen LogP contribution < -0.4 is 0 Å². The van der Waals surface area contributed by atoms with Crippen LogP contribution in [0.5, 0.6) is 0 Å². The van der Waals surface area contributed by atoms with Crippen molar-refractivity contribution < 1.29 is 9.53 Å². The molecule has 0 atom stereocenters. The van der Waals surface area contributed by atoms with Crippen molar-refractivity contribution in [2.75, 3.05) is 7.11 Å². The molecule has 0 unspecified atom stereocenters. The molecule has 5 nitrogen and oxygen atoms in total. The molecule has 0 saturated carbocycles. The first-order valence-corrected chi connectivity index (χ1v) is 7.01. The van der Waals surface area contributed by atoms with Gasteiger partial charge in [0, 0.05) is 30.4 Å². The lowest BCUT2D eigenvalue weighted by molar-refractivity contribution is 0.0596. The number of hydrogen-bond donors (Lipinski definition) is 0. The van der Waals surface area contributed by atoms with Crippen LogP contribution in [0.25, 0.3) is 21.0 Å². The average Bonchev–Trinajstić information content (AvgIpc) is 3.01. The van der Waals surface area contributed by atoms with Crippen molar-refractivity contribution in [3.05, 3.63) is 54.7 Å². The van der Waals surface area contributed by atoms with Gasteiger partial charge in [0.05, 0.1) is 12.0 Å². The van der Waals surface area contributed by atoms with Gasteiger partial charge in [-0.15, -0.1) is 11.3 Å². The molecule has 3 heterocycles. The third kappa shape index (κ3) is 2.66. The first-order valence-electron chi connectivity index (χ1n) is 6.19. The minimum atomic E-state index is -0.446. The van der Waals surface area contributed by atoms with E-state index in [0.717, 1.165) is 21.0 Å². The number of pyridine rings is 2. The van der Waals surface area contributed by atoms with E-state index in [1.165, 1.54) is 18.4 Å². The summed E-state index contributed by atoms with van der Waals surface area (Å²) in [6.07, 6.45) is 6.76. The monoisotopic (exact) mass is 297 g/mol. The lowest BCUT2D eigenvalue weighted by Crippen LogP contribution is -2.03. The highest BCUT2D eigenvalue weighted by atomic mass is 32.1. The van der Waals surface area contributed by atoms with Crippen molar-refractivity contribution in [3.63, 3.8) is 0 Å². The van der Waals surface area contributed by atoms with Crippen LogP contribution in [0.2, 0.25) is 0 Å². The lowest BCUT2D eigenvalue weighted by atomic mass is 10.2. The minimum Gasteiger partial charge on any atom is -0.464 e. The molecular weight excluding hydrogens is 286 g/mol. The number of thiazole rings is 1. The van der Waals surface area contributed by atoms with Gasteiger partial charge in [-0.2, -0.15) is 0 Å². The van der Waals surface area contributed by atoms with E-state index in [0.29, 0.717) is 5.69 Å². The van der Waals surface area contributed by atoms with Crippen LogP contribution in [-0.2, 0) is 4.74 Å². The van der Waals surface area contributed by atoms with E-state index in [-0.39, 0.29) is 0 Å². The second-order valence-electron chi connectivity index (χ2n) is 4.16. The molecule has 6 heteroatoms. The maximum Gasteiger partial charge on any atom is 0.358 e. The summed E-state index contributed by atoms with van der Waals surface area (Å²) < 4.78 is 4.82. The molecule has 0 aliphatic rings. The number of rotatable bonds is 3. The first-order chi connectivity index (χ1) is 10.3. The number of aromatic nitrogens is 3. The summed E-state index contributed by atoms with van der Waals surface area (Å²) in [6.45, 7) is 0. The van der Waals surface area contributed by atoms with E-state index >= 15 is 0 Å². The molecule has 0 N–H and O–H groups in total. The van der Waals surface area contributed by atoms with Gasteiger partial charge in [-0.25, -0.2) is 9.78 Å². The van der Waals surface area contributed by atoms with Crippen molar-refractivity contribution in [2.45, 2.75) is 0 Å². The predicted octanol–water partition coefficient (Wildman–Crippen LogP) is 3.05. The van der Waals surface area contributed by atoms with Gasteiger partial charge in [-0.05, 0) is 29.8 Å². The molecule has 21 heavy (non-hydrogen) atoms. The zero-order valence-corrected chi connectivity index (χ0v) is 12.0. The van der Waals surface area contributed by atoms with Crippen LogP contribution >= 0.6 is 11.3 Å². The van der Waals surface area contributed by atoms with Gasteiger partial charge in [0.1, 0.15) is 5.01 Å². The van der Waals surface area contributed by atoms with Crippen LogP contribution in [0.1, 0.15) is 10.5 Å². The molecule has 0 radical (unpaired) electrons. The third-order valence-electron chi connectivity index (χ3n) is 2.88. The molecule has 0 aromatic carbocycles. The Bertz CT molecular complexity index is 757. The molecule has 3 aromatic rings. The second-order valence-corrected chi connectivity index (χ2v) is 5.16. The quantitative estimate of drug-likeness (QED) is 0.695. The van der Waals surface area contributed by atoms with Gasteiger partial charge >= 0.3 is 5.97 Å². The summed E-state index contributed by atoms with van der Waals surface area (Å²) in [6, 6.07) is 7.40. The van der Waals surface area contributed by atoms with Gasteiger partial charge < -0.3 is 4.74 Å². The van der Waals surface area contributed by atoms with E-state index in [1.54, 1.807) is 24.8 Å². The van der Waals surface area contributed by atoms with Crippen LogP contribution in [0, 0.1) is 0 Å². The molecule has 0 aliphatic heterocycles. The van der Waals surface area contributed by atoms with Crippen LogP contribution in [-0.4, -0.2) is 28.0 Å². The number of carbonyl (C=O) groups excluding carboxylic acids is 1. The molecule has 0 spiro atoms. The smallest absolute Gasteiger partial charge is 0.358 e. The normalized spacial score (nSPS) is 10.3. The fourth-order valence-electron chi connectivity index (χ4n) is 1.87. The molecule has 0 amide bonds. The Morgan fingerprint density at radius 2 is 1.57 bits per heavy atom. The standard InChI is InChI=1S/C15H11N3O2S/c1-20-15(19)12-13(10-2-6-16-7-3-10)21-14(18-12)11-4-8-17-9-5-11/h2-9H,1H3. The molecule has 0 aliphatic carbocycles. The molecule has 0 bridgehead atoms. The fraction of sp³-hybridized carbons (Fsp3) is 0.0667. The van der Waals surface area contributed by atoms with Gasteiger partial charge in [-0.1, -0.05) is 0 Å². The molecular formula is C15H11N3O2S. The van der Waals surface area contributed by atoms with Crippen molar-refractivity contribution in [3.8, 4) is 21.0 Å². The topological polar surface area (TPSA) is 65.0 Å². The molecule has 0 fully saturated rings. The highest BCUT2D eigenvalue weighted by Crippen LogP contribution is 2.35. The summed E-state index contributed by atoms with van der Waals surface area (Å²) >= 11 is 1.44. The molecule has 3 aromatic heterocycles. The number of ether oxygens (including phenoxy) is 1. The van der Waals surface area contributed by atoms with Crippen molar-refractivity contribution in [2.24, 2.45) is 0 Å². The largest absolute Gasteiger partial charge is 0.464 e. The zero-order chi connectivity index (χ0) is 14.7. The Morgan fingerprint density at radius 1 is 1.00 bits per heavy atom. The minimum absolute atomic E-state index is 0.320. The zero-order valence-electron chi connectivity index (χ0n) is 11.2. The van der Waals surface area contributed by atoms with Gasteiger partial charge in [0.15, 0.2) is 5.69 Å². The Labute approximate surface area is 125 Å². The lowest BCUT2D eigenvalue weighted by Gasteiger charge is -1.99. The Balaban J connectivity index is 2.14. The fourth-order valence-corrected chi connectivity index (χ4v) is 2.94. The third-order valence-corrected chi connectivity index (χ3v) is 4.03. The maximum absolute atomic E-state index is 11.9. The van der Waals surface area contributed by atoms with Gasteiger partial charge in [-0.3, -0.25) is 9.97 Å². The summed E-state index contributed by atoms with van der Waals surface area (Å²) in [4.78, 5) is 25.1. The van der Waals surface area contributed by atoms with Crippen molar-refractivity contribution in [1.82, 2.24) is 15.0 Å². The van der Waals surface area contributed by atoms with E-state index in [2.05, 4.69) is 15.0 Å². The highest BCUT2D eigenvalue weighted by molar-refractivity contribution is 7.18. The highest BCUT2D eigenvalue weighted by Gasteiger charge is 2.20. The molecule has 0 saturated heterocycles. The SMILES string of the molecule is COC(=O)c1nc(-c2ccncc2)sc1-c1ccncc1. The second kappa shape index (κ2) is 5.80. The number of carbonyl (C=O) groups is 1. The Hall–Kier alpha value is -2.60. The van der Waals surface area contributed by atoms with E-state index in [9.17, 15) is 4.79 Å². The van der Waals surface area contributed by atoms with E-state index in [1.807, 2.05) is 24.3 Å². The molecule has 3 rings (SSSR count). The summed E-state index contributed by atoms with van der Waals surface area (Å²) in [5.74, 6) is -0.446. The average molecular weight is 297 g/mol. The summed E-state index contributed by atoms with van der Waals surface area (Å²) in [7, 11) is 1.35. The predicted molar refractivity (Wildman–Crippen MR) is 79.9 cm³/mol. The number of hydrogen-bond acceptors (Lipinski definition) is 6. The maximum atomic E-state index is 11.9. The number of esters is 1. The summed E-state index contributed by atoms with van der Waals surface area (Å²) in [5.41, 5.74) is 2.13. The van der Waals surface area contributed by atoms with Crippen LogP contribution in [0.3, 0.4) is 0 Å². The summed E-state index contributed by atoms with van der Waals surface area (Å²) in [5, 5.41) is 0.754. The van der Waals surface area contributed by atoms with Crippen molar-refractivity contribution in [1.29, 1.82) is 0 Å².